The average molecular weight is 383 g/mol. The van der Waals surface area contributed by atoms with Gasteiger partial charge >= 0.3 is 0 Å². The highest BCUT2D eigenvalue weighted by Gasteiger charge is 2.34. The lowest BCUT2D eigenvalue weighted by Crippen LogP contribution is -2.30. The molecule has 2 heterocycles. The average Bonchev–Trinajstić information content (AvgIpc) is 3.25. The SMILES string of the molecule is CCc1cc(C2NNC(=S)N2c2cccc3c2ncn3CC)c(O)cc1O. The Kier molecular flexibility index (Phi) is 4.37. The number of aromatic hydroxyl groups is 2. The van der Waals surface area contributed by atoms with Gasteiger partial charge in [-0.15, -0.1) is 0 Å². The largest absolute Gasteiger partial charge is 0.508 e. The van der Waals surface area contributed by atoms with Crippen molar-refractivity contribution >= 4 is 34.1 Å². The van der Waals surface area contributed by atoms with Crippen molar-refractivity contribution in [3.63, 3.8) is 0 Å². The van der Waals surface area contributed by atoms with Crippen molar-refractivity contribution < 1.29 is 10.2 Å². The summed E-state index contributed by atoms with van der Waals surface area (Å²) >= 11 is 5.51. The number of thiocarbonyl (C=S) groups is 1. The third-order valence-electron chi connectivity index (χ3n) is 4.93. The van der Waals surface area contributed by atoms with Gasteiger partial charge in [-0.1, -0.05) is 13.0 Å². The maximum atomic E-state index is 10.5. The van der Waals surface area contributed by atoms with Crippen LogP contribution in [-0.4, -0.2) is 24.9 Å². The van der Waals surface area contributed by atoms with E-state index >= 15 is 0 Å². The Labute approximate surface area is 162 Å². The molecule has 0 aliphatic carbocycles. The Morgan fingerprint density at radius 2 is 2.00 bits per heavy atom. The predicted octanol–water partition coefficient (Wildman–Crippen LogP) is 2.93. The quantitative estimate of drug-likeness (QED) is 0.516. The second-order valence-electron chi connectivity index (χ2n) is 6.42. The van der Waals surface area contributed by atoms with Gasteiger partial charge in [-0.25, -0.2) is 10.4 Å². The molecule has 0 radical (unpaired) electrons. The van der Waals surface area contributed by atoms with Crippen LogP contribution in [0.25, 0.3) is 11.0 Å². The molecule has 4 N–H and O–H groups in total. The number of para-hydroxylation sites is 1. The van der Waals surface area contributed by atoms with E-state index in [1.165, 1.54) is 6.07 Å². The number of fused-ring (bicyclic) bond motifs is 1. The summed E-state index contributed by atoms with van der Waals surface area (Å²) in [4.78, 5) is 6.47. The van der Waals surface area contributed by atoms with Crippen LogP contribution in [0.15, 0.2) is 36.7 Å². The number of rotatable bonds is 4. The van der Waals surface area contributed by atoms with Gasteiger partial charge < -0.3 is 14.8 Å². The summed E-state index contributed by atoms with van der Waals surface area (Å²) in [6.07, 6.45) is 2.04. The molecule has 8 heteroatoms. The summed E-state index contributed by atoms with van der Waals surface area (Å²) in [5.41, 5.74) is 10.2. The van der Waals surface area contributed by atoms with Gasteiger partial charge in [-0.2, -0.15) is 0 Å². The monoisotopic (exact) mass is 383 g/mol. The first-order chi connectivity index (χ1) is 13.0. The Balaban J connectivity index is 1.85. The molecule has 1 aliphatic heterocycles. The molecule has 0 spiro atoms. The van der Waals surface area contributed by atoms with Gasteiger partial charge in [0.05, 0.1) is 17.5 Å². The number of hydrogen-bond donors (Lipinski definition) is 4. The fourth-order valence-electron chi connectivity index (χ4n) is 3.50. The van der Waals surface area contributed by atoms with Crippen LogP contribution < -0.4 is 15.8 Å². The van der Waals surface area contributed by atoms with E-state index in [0.29, 0.717) is 17.1 Å². The zero-order chi connectivity index (χ0) is 19.1. The first kappa shape index (κ1) is 17.6. The number of phenolic OH excluding ortho intramolecular Hbond substituents is 2. The molecule has 1 atom stereocenters. The summed E-state index contributed by atoms with van der Waals surface area (Å²) in [6.45, 7) is 4.85. The van der Waals surface area contributed by atoms with Crippen LogP contribution in [0.4, 0.5) is 5.69 Å². The lowest BCUT2D eigenvalue weighted by molar-refractivity contribution is 0.433. The summed E-state index contributed by atoms with van der Waals surface area (Å²) < 4.78 is 2.07. The first-order valence-electron chi connectivity index (χ1n) is 8.88. The third-order valence-corrected chi connectivity index (χ3v) is 5.22. The van der Waals surface area contributed by atoms with Gasteiger partial charge in [0.1, 0.15) is 23.2 Å². The number of anilines is 1. The third kappa shape index (κ3) is 2.77. The van der Waals surface area contributed by atoms with Gasteiger partial charge in [0.25, 0.3) is 0 Å². The number of aromatic nitrogens is 2. The highest BCUT2D eigenvalue weighted by Crippen LogP contribution is 2.38. The molecule has 140 valence electrons. The number of hydrogen-bond acceptors (Lipinski definition) is 5. The molecular weight excluding hydrogens is 362 g/mol. The van der Waals surface area contributed by atoms with Gasteiger partial charge in [-0.05, 0) is 49.3 Å². The van der Waals surface area contributed by atoms with E-state index < -0.39 is 6.17 Å². The number of imidazole rings is 1. The summed E-state index contributed by atoms with van der Waals surface area (Å²) in [5, 5.41) is 21.0. The van der Waals surface area contributed by atoms with Crippen LogP contribution in [-0.2, 0) is 13.0 Å². The molecule has 1 saturated heterocycles. The topological polar surface area (TPSA) is 85.6 Å². The van der Waals surface area contributed by atoms with Crippen molar-refractivity contribution in [3.8, 4) is 11.5 Å². The van der Waals surface area contributed by atoms with Crippen molar-refractivity contribution in [1.82, 2.24) is 20.4 Å². The number of nitrogens with zero attached hydrogens (tertiary/aromatic N) is 3. The zero-order valence-electron chi connectivity index (χ0n) is 15.1. The molecule has 0 saturated carbocycles. The molecule has 1 fully saturated rings. The fraction of sp³-hybridized carbons (Fsp3) is 0.263. The smallest absolute Gasteiger partial charge is 0.189 e. The van der Waals surface area contributed by atoms with Crippen molar-refractivity contribution in [2.45, 2.75) is 33.0 Å². The van der Waals surface area contributed by atoms with Crippen LogP contribution in [0.1, 0.15) is 31.1 Å². The van der Waals surface area contributed by atoms with Gasteiger partial charge in [0.15, 0.2) is 5.11 Å². The molecule has 1 unspecified atom stereocenters. The van der Waals surface area contributed by atoms with Crippen molar-refractivity contribution in [2.24, 2.45) is 0 Å². The van der Waals surface area contributed by atoms with Gasteiger partial charge in [0, 0.05) is 18.2 Å². The Morgan fingerprint density at radius 3 is 2.74 bits per heavy atom. The van der Waals surface area contributed by atoms with E-state index in [-0.39, 0.29) is 11.5 Å². The number of aryl methyl sites for hydroxylation is 2. The van der Waals surface area contributed by atoms with Crippen LogP contribution in [0, 0.1) is 0 Å². The second-order valence-corrected chi connectivity index (χ2v) is 6.80. The molecule has 1 aromatic heterocycles. The summed E-state index contributed by atoms with van der Waals surface area (Å²) in [6, 6.07) is 9.13. The van der Waals surface area contributed by atoms with Gasteiger partial charge in [-0.3, -0.25) is 10.3 Å². The van der Waals surface area contributed by atoms with Gasteiger partial charge in [0.2, 0.25) is 0 Å². The highest BCUT2D eigenvalue weighted by atomic mass is 32.1. The van der Waals surface area contributed by atoms with E-state index in [4.69, 9.17) is 12.2 Å². The lowest BCUT2D eigenvalue weighted by atomic mass is 10.0. The van der Waals surface area contributed by atoms with Crippen molar-refractivity contribution in [3.05, 3.63) is 47.8 Å². The Hall–Kier alpha value is -2.84. The minimum atomic E-state index is -0.430. The molecule has 7 nitrogen and oxygen atoms in total. The second kappa shape index (κ2) is 6.71. The normalized spacial score (nSPS) is 16.9. The molecule has 27 heavy (non-hydrogen) atoms. The summed E-state index contributed by atoms with van der Waals surface area (Å²) in [5.74, 6) is 0.0904. The van der Waals surface area contributed by atoms with Crippen LogP contribution >= 0.6 is 12.2 Å². The number of phenols is 2. The van der Waals surface area contributed by atoms with E-state index in [9.17, 15) is 10.2 Å². The molecule has 3 aromatic rings. The highest BCUT2D eigenvalue weighted by molar-refractivity contribution is 7.80. The number of hydrazine groups is 1. The molecule has 0 amide bonds. The van der Waals surface area contributed by atoms with E-state index in [0.717, 1.165) is 28.8 Å². The standard InChI is InChI=1S/C19H21N5O2S/c1-3-11-8-12(16(26)9-15(11)25)18-21-22-19(27)24(18)14-7-5-6-13-17(14)20-10-23(13)4-2/h5-10,18,21,25-26H,3-4H2,1-2H3,(H,22,27). The van der Waals surface area contributed by atoms with Crippen LogP contribution in [0.3, 0.4) is 0 Å². The van der Waals surface area contributed by atoms with E-state index in [1.807, 2.05) is 36.4 Å². The van der Waals surface area contributed by atoms with Crippen LogP contribution in [0.5, 0.6) is 11.5 Å². The Morgan fingerprint density at radius 1 is 1.19 bits per heavy atom. The zero-order valence-corrected chi connectivity index (χ0v) is 15.9. The van der Waals surface area contributed by atoms with Crippen molar-refractivity contribution in [2.75, 3.05) is 4.90 Å². The number of benzene rings is 2. The maximum Gasteiger partial charge on any atom is 0.189 e. The lowest BCUT2D eigenvalue weighted by Gasteiger charge is -2.26. The molecule has 0 bridgehead atoms. The minimum Gasteiger partial charge on any atom is -0.508 e. The fourth-order valence-corrected chi connectivity index (χ4v) is 3.76. The first-order valence-corrected chi connectivity index (χ1v) is 9.29. The molecule has 4 rings (SSSR count). The van der Waals surface area contributed by atoms with Crippen molar-refractivity contribution in [1.29, 1.82) is 0 Å². The predicted molar refractivity (Wildman–Crippen MR) is 109 cm³/mol. The molecular formula is C19H21N5O2S. The summed E-state index contributed by atoms with van der Waals surface area (Å²) in [7, 11) is 0. The minimum absolute atomic E-state index is 0.00459. The van der Waals surface area contributed by atoms with Crippen LogP contribution in [0.2, 0.25) is 0 Å². The molecule has 2 aromatic carbocycles. The van der Waals surface area contributed by atoms with E-state index in [2.05, 4.69) is 27.3 Å². The maximum absolute atomic E-state index is 10.5. The van der Waals surface area contributed by atoms with E-state index in [1.54, 1.807) is 6.07 Å². The molecule has 1 aliphatic rings. The Bertz CT molecular complexity index is 1030. The number of nitrogens with one attached hydrogen (secondary N) is 2.